The van der Waals surface area contributed by atoms with Gasteiger partial charge in [0.25, 0.3) is 0 Å². The van der Waals surface area contributed by atoms with Crippen LogP contribution in [0.4, 0.5) is 0 Å². The minimum atomic E-state index is -0.258. The summed E-state index contributed by atoms with van der Waals surface area (Å²) in [5.41, 5.74) is 6.62. The van der Waals surface area contributed by atoms with Crippen molar-refractivity contribution in [2.24, 2.45) is 0 Å². The van der Waals surface area contributed by atoms with Crippen molar-refractivity contribution in [3.8, 4) is 23.0 Å². The fourth-order valence-electron chi connectivity index (χ4n) is 5.63. The minimum absolute atomic E-state index is 0.00163. The molecule has 0 saturated carbocycles. The van der Waals surface area contributed by atoms with Crippen LogP contribution >= 0.6 is 0 Å². The van der Waals surface area contributed by atoms with Crippen LogP contribution in [-0.2, 0) is 5.41 Å². The first-order chi connectivity index (χ1) is 22.7. The molecule has 232 valence electrons. The van der Waals surface area contributed by atoms with Gasteiger partial charge in [-0.05, 0) is 109 Å². The first-order valence-electron chi connectivity index (χ1n) is 15.7. The Morgan fingerprint density at radius 2 is 0.723 bits per heavy atom. The first kappa shape index (κ1) is 31.3. The van der Waals surface area contributed by atoms with Gasteiger partial charge in [-0.3, -0.25) is 9.59 Å². The number of hydrogen-bond acceptors (Lipinski definition) is 4. The predicted molar refractivity (Wildman–Crippen MR) is 187 cm³/mol. The Morgan fingerprint density at radius 1 is 0.426 bits per heavy atom. The van der Waals surface area contributed by atoms with Crippen LogP contribution in [0.1, 0.15) is 67.9 Å². The molecule has 0 amide bonds. The lowest BCUT2D eigenvalue weighted by Crippen LogP contribution is -2.18. The van der Waals surface area contributed by atoms with Gasteiger partial charge >= 0.3 is 0 Å². The monoisotopic (exact) mass is 616 g/mol. The van der Waals surface area contributed by atoms with Gasteiger partial charge in [0.2, 0.25) is 0 Å². The minimum Gasteiger partial charge on any atom is -0.457 e. The zero-order chi connectivity index (χ0) is 33.0. The molecule has 0 radical (unpaired) electrons. The maximum atomic E-state index is 12.9. The van der Waals surface area contributed by atoms with E-state index in [9.17, 15) is 9.59 Å². The summed E-state index contributed by atoms with van der Waals surface area (Å²) >= 11 is 0. The zero-order valence-electron chi connectivity index (χ0n) is 27.0. The topological polar surface area (TPSA) is 52.6 Å². The highest BCUT2D eigenvalue weighted by Crippen LogP contribution is 2.35. The SMILES string of the molecule is Cc1ccccc1C(=O)c1ccc(Oc2ccc(C(C)(C)c3ccc(Oc4ccc(C(=O)c5ccccc5C)cc4)cc3)cc2)cc1. The van der Waals surface area contributed by atoms with Gasteiger partial charge in [0, 0.05) is 27.7 Å². The fourth-order valence-corrected chi connectivity index (χ4v) is 5.63. The van der Waals surface area contributed by atoms with E-state index in [0.29, 0.717) is 33.8 Å². The van der Waals surface area contributed by atoms with Crippen LogP contribution in [0, 0.1) is 13.8 Å². The molecule has 0 N–H and O–H groups in total. The van der Waals surface area contributed by atoms with Crippen LogP contribution in [-0.4, -0.2) is 11.6 Å². The Kier molecular flexibility index (Phi) is 8.86. The Bertz CT molecular complexity index is 1870. The number of rotatable bonds is 10. The summed E-state index contributed by atoms with van der Waals surface area (Å²) in [6, 6.07) is 45.9. The van der Waals surface area contributed by atoms with Crippen molar-refractivity contribution in [3.05, 3.63) is 190 Å². The third-order valence-electron chi connectivity index (χ3n) is 8.64. The van der Waals surface area contributed by atoms with Gasteiger partial charge in [-0.15, -0.1) is 0 Å². The number of carbonyl (C=O) groups excluding carboxylic acids is 2. The molecule has 0 saturated heterocycles. The summed E-state index contributed by atoms with van der Waals surface area (Å²) in [5.74, 6) is 2.78. The molecular formula is C43H36O4. The van der Waals surface area contributed by atoms with Gasteiger partial charge in [0.1, 0.15) is 23.0 Å². The second-order valence-electron chi connectivity index (χ2n) is 12.2. The van der Waals surface area contributed by atoms with E-state index in [1.165, 1.54) is 0 Å². The molecule has 47 heavy (non-hydrogen) atoms. The largest absolute Gasteiger partial charge is 0.457 e. The van der Waals surface area contributed by atoms with Crippen molar-refractivity contribution >= 4 is 11.6 Å². The smallest absolute Gasteiger partial charge is 0.193 e. The zero-order valence-corrected chi connectivity index (χ0v) is 27.0. The van der Waals surface area contributed by atoms with E-state index in [1.54, 1.807) is 24.3 Å². The molecule has 6 rings (SSSR count). The van der Waals surface area contributed by atoms with Crippen LogP contribution in [0.3, 0.4) is 0 Å². The van der Waals surface area contributed by atoms with Crippen molar-refractivity contribution < 1.29 is 19.1 Å². The maximum Gasteiger partial charge on any atom is 0.193 e. The molecule has 0 bridgehead atoms. The first-order valence-corrected chi connectivity index (χ1v) is 15.7. The van der Waals surface area contributed by atoms with E-state index >= 15 is 0 Å². The second-order valence-corrected chi connectivity index (χ2v) is 12.2. The average Bonchev–Trinajstić information content (AvgIpc) is 3.09. The fraction of sp³-hybridized carbons (Fsp3) is 0.116. The molecule has 4 heteroatoms. The summed E-state index contributed by atoms with van der Waals surface area (Å²) < 4.78 is 12.2. The van der Waals surface area contributed by atoms with Crippen molar-refractivity contribution in [2.75, 3.05) is 0 Å². The third-order valence-corrected chi connectivity index (χ3v) is 8.64. The highest BCUT2D eigenvalue weighted by molar-refractivity contribution is 6.10. The van der Waals surface area contributed by atoms with E-state index < -0.39 is 0 Å². The lowest BCUT2D eigenvalue weighted by atomic mass is 9.78. The van der Waals surface area contributed by atoms with E-state index in [-0.39, 0.29) is 17.0 Å². The van der Waals surface area contributed by atoms with Crippen LogP contribution in [0.5, 0.6) is 23.0 Å². The van der Waals surface area contributed by atoms with E-state index in [1.807, 2.05) is 111 Å². The molecule has 4 nitrogen and oxygen atoms in total. The normalized spacial score (nSPS) is 11.1. The van der Waals surface area contributed by atoms with Gasteiger partial charge in [0.15, 0.2) is 11.6 Å². The highest BCUT2D eigenvalue weighted by atomic mass is 16.5. The molecule has 0 fully saturated rings. The van der Waals surface area contributed by atoms with E-state index in [4.69, 9.17) is 9.47 Å². The van der Waals surface area contributed by atoms with Crippen LogP contribution in [0.2, 0.25) is 0 Å². The molecule has 0 atom stereocenters. The van der Waals surface area contributed by atoms with Crippen molar-refractivity contribution in [1.29, 1.82) is 0 Å². The highest BCUT2D eigenvalue weighted by Gasteiger charge is 2.23. The van der Waals surface area contributed by atoms with E-state index in [0.717, 1.165) is 33.8 Å². The molecule has 6 aromatic rings. The van der Waals surface area contributed by atoms with Gasteiger partial charge in [0.05, 0.1) is 0 Å². The number of benzene rings is 6. The predicted octanol–water partition coefficient (Wildman–Crippen LogP) is 10.7. The Labute approximate surface area is 276 Å². The van der Waals surface area contributed by atoms with Crippen molar-refractivity contribution in [1.82, 2.24) is 0 Å². The van der Waals surface area contributed by atoms with Gasteiger partial charge in [-0.1, -0.05) is 86.6 Å². The average molecular weight is 617 g/mol. The van der Waals surface area contributed by atoms with E-state index in [2.05, 4.69) is 38.1 Å². The van der Waals surface area contributed by atoms with Crippen LogP contribution < -0.4 is 9.47 Å². The second kappa shape index (κ2) is 13.3. The summed E-state index contributed by atoms with van der Waals surface area (Å²) in [7, 11) is 0. The molecule has 0 aromatic heterocycles. The Morgan fingerprint density at radius 3 is 1.04 bits per heavy atom. The standard InChI is InChI=1S/C43H36O4/c1-29-9-5-7-11-39(29)41(44)31-13-21-35(22-14-31)46-37-25-17-33(18-26-37)43(3,4)34-19-27-38(28-20-34)47-36-23-15-32(16-24-36)42(45)40-12-8-6-10-30(40)2/h5-28H,1-4H3. The molecule has 0 aliphatic carbocycles. The third kappa shape index (κ3) is 6.92. The summed E-state index contributed by atoms with van der Waals surface area (Å²) in [6.07, 6.45) is 0. The van der Waals surface area contributed by atoms with Gasteiger partial charge in [-0.25, -0.2) is 0 Å². The lowest BCUT2D eigenvalue weighted by molar-refractivity contribution is 0.103. The van der Waals surface area contributed by atoms with Gasteiger partial charge < -0.3 is 9.47 Å². The molecule has 0 spiro atoms. The number of hydrogen-bond donors (Lipinski definition) is 0. The Hall–Kier alpha value is -5.74. The molecule has 0 unspecified atom stereocenters. The number of ketones is 2. The Balaban J connectivity index is 1.08. The summed E-state index contributed by atoms with van der Waals surface area (Å²) in [6.45, 7) is 8.26. The van der Waals surface area contributed by atoms with Crippen molar-refractivity contribution in [3.63, 3.8) is 0 Å². The van der Waals surface area contributed by atoms with Crippen LogP contribution in [0.25, 0.3) is 0 Å². The maximum absolute atomic E-state index is 12.9. The molecule has 0 aliphatic rings. The molecular weight excluding hydrogens is 580 g/mol. The summed E-state index contributed by atoms with van der Waals surface area (Å²) in [4.78, 5) is 25.8. The van der Waals surface area contributed by atoms with Crippen LogP contribution in [0.15, 0.2) is 146 Å². The van der Waals surface area contributed by atoms with Crippen molar-refractivity contribution in [2.45, 2.75) is 33.1 Å². The number of ether oxygens (including phenoxy) is 2. The number of aryl methyl sites for hydroxylation is 2. The molecule has 0 aliphatic heterocycles. The summed E-state index contributed by atoms with van der Waals surface area (Å²) in [5, 5.41) is 0. The number of carbonyl (C=O) groups is 2. The molecule has 0 heterocycles. The molecule has 6 aromatic carbocycles. The van der Waals surface area contributed by atoms with Gasteiger partial charge in [-0.2, -0.15) is 0 Å². The lowest BCUT2D eigenvalue weighted by Gasteiger charge is -2.26. The quantitative estimate of drug-likeness (QED) is 0.144.